The number of alkyl halides is 1. The molecule has 1 saturated carbocycles. The Hall–Kier alpha value is -1.29. The van der Waals surface area contributed by atoms with Crippen LogP contribution >= 0.6 is 11.6 Å². The van der Waals surface area contributed by atoms with Crippen molar-refractivity contribution in [1.29, 1.82) is 0 Å². The number of aromatic hydroxyl groups is 1. The first kappa shape index (κ1) is 14.1. The van der Waals surface area contributed by atoms with E-state index >= 15 is 0 Å². The molecule has 0 aromatic carbocycles. The molecule has 1 aromatic heterocycles. The number of rotatable bonds is 4. The van der Waals surface area contributed by atoms with Gasteiger partial charge in [0.2, 0.25) is 0 Å². The molecule has 1 aliphatic carbocycles. The monoisotopic (exact) mass is 282 g/mol. The van der Waals surface area contributed by atoms with E-state index in [-0.39, 0.29) is 17.7 Å². The summed E-state index contributed by atoms with van der Waals surface area (Å²) in [5.74, 6) is 0.198. The smallest absolute Gasteiger partial charge is 0.258 e. The molecule has 1 amide bonds. The number of carbonyl (C=O) groups is 1. The largest absolute Gasteiger partial charge is 0.505 e. The van der Waals surface area contributed by atoms with Crippen LogP contribution in [-0.2, 0) is 0 Å². The van der Waals surface area contributed by atoms with Crippen LogP contribution in [0.15, 0.2) is 18.5 Å². The summed E-state index contributed by atoms with van der Waals surface area (Å²) in [7, 11) is 0. The maximum atomic E-state index is 12.5. The van der Waals surface area contributed by atoms with Crippen molar-refractivity contribution in [1.82, 2.24) is 9.88 Å². The van der Waals surface area contributed by atoms with E-state index in [4.69, 9.17) is 11.6 Å². The van der Waals surface area contributed by atoms with Crippen molar-refractivity contribution in [2.75, 3.05) is 12.4 Å². The van der Waals surface area contributed by atoms with Crippen molar-refractivity contribution in [3.8, 4) is 5.75 Å². The van der Waals surface area contributed by atoms with E-state index < -0.39 is 0 Å². The molecular weight excluding hydrogens is 264 g/mol. The van der Waals surface area contributed by atoms with Gasteiger partial charge >= 0.3 is 0 Å². The predicted molar refractivity (Wildman–Crippen MR) is 74.5 cm³/mol. The molecule has 1 N–H and O–H groups in total. The van der Waals surface area contributed by atoms with Crippen molar-refractivity contribution >= 4 is 17.5 Å². The van der Waals surface area contributed by atoms with Gasteiger partial charge < -0.3 is 10.0 Å². The Morgan fingerprint density at radius 2 is 2.16 bits per heavy atom. The fourth-order valence-electron chi connectivity index (χ4n) is 2.66. The van der Waals surface area contributed by atoms with Crippen molar-refractivity contribution in [3.05, 3.63) is 24.0 Å². The molecular formula is C14H19ClN2O2. The lowest BCUT2D eigenvalue weighted by Crippen LogP contribution is -2.42. The van der Waals surface area contributed by atoms with E-state index in [1.807, 2.05) is 0 Å². The Balaban J connectivity index is 2.18. The first-order valence-corrected chi connectivity index (χ1v) is 7.27. The van der Waals surface area contributed by atoms with E-state index in [0.29, 0.717) is 18.0 Å². The Morgan fingerprint density at radius 3 is 2.79 bits per heavy atom. The lowest BCUT2D eigenvalue weighted by Gasteiger charge is -2.34. The Morgan fingerprint density at radius 1 is 1.42 bits per heavy atom. The highest BCUT2D eigenvalue weighted by Gasteiger charge is 2.27. The van der Waals surface area contributed by atoms with Gasteiger partial charge in [-0.1, -0.05) is 19.3 Å². The Labute approximate surface area is 118 Å². The van der Waals surface area contributed by atoms with Gasteiger partial charge in [-0.3, -0.25) is 9.78 Å². The van der Waals surface area contributed by atoms with Crippen LogP contribution in [0.25, 0.3) is 0 Å². The van der Waals surface area contributed by atoms with E-state index in [2.05, 4.69) is 4.98 Å². The van der Waals surface area contributed by atoms with Gasteiger partial charge in [0.1, 0.15) is 5.75 Å². The van der Waals surface area contributed by atoms with Crippen LogP contribution < -0.4 is 0 Å². The zero-order chi connectivity index (χ0) is 13.7. The van der Waals surface area contributed by atoms with Gasteiger partial charge in [-0.25, -0.2) is 0 Å². The summed E-state index contributed by atoms with van der Waals surface area (Å²) >= 11 is 5.82. The molecule has 1 aliphatic rings. The van der Waals surface area contributed by atoms with Gasteiger partial charge in [-0.05, 0) is 18.9 Å². The molecule has 0 atom stereocenters. The molecule has 104 valence electrons. The zero-order valence-corrected chi connectivity index (χ0v) is 11.6. The number of amides is 1. The number of hydrogen-bond donors (Lipinski definition) is 1. The lowest BCUT2D eigenvalue weighted by molar-refractivity contribution is 0.0646. The van der Waals surface area contributed by atoms with Crippen molar-refractivity contribution < 1.29 is 9.90 Å². The van der Waals surface area contributed by atoms with E-state index in [9.17, 15) is 9.90 Å². The second kappa shape index (κ2) is 6.75. The SMILES string of the molecule is O=C(c1ccncc1O)N(CCCl)C1CCCCC1. The lowest BCUT2D eigenvalue weighted by atomic mass is 9.93. The summed E-state index contributed by atoms with van der Waals surface area (Å²) < 4.78 is 0. The second-order valence-electron chi connectivity index (χ2n) is 4.87. The van der Waals surface area contributed by atoms with Crippen LogP contribution in [0.2, 0.25) is 0 Å². The number of aromatic nitrogens is 1. The molecule has 1 heterocycles. The highest BCUT2D eigenvalue weighted by Crippen LogP contribution is 2.25. The summed E-state index contributed by atoms with van der Waals surface area (Å²) in [6, 6.07) is 1.80. The molecule has 0 aliphatic heterocycles. The number of nitrogens with zero attached hydrogens (tertiary/aromatic N) is 2. The third-order valence-electron chi connectivity index (χ3n) is 3.63. The summed E-state index contributed by atoms with van der Waals surface area (Å²) in [6.07, 6.45) is 8.40. The maximum absolute atomic E-state index is 12.5. The minimum atomic E-state index is -0.146. The maximum Gasteiger partial charge on any atom is 0.258 e. The average Bonchev–Trinajstić information content (AvgIpc) is 2.45. The third-order valence-corrected chi connectivity index (χ3v) is 3.80. The topological polar surface area (TPSA) is 53.4 Å². The van der Waals surface area contributed by atoms with E-state index in [1.54, 1.807) is 11.0 Å². The fourth-order valence-corrected chi connectivity index (χ4v) is 2.84. The minimum Gasteiger partial charge on any atom is -0.505 e. The van der Waals surface area contributed by atoms with Gasteiger partial charge in [0.25, 0.3) is 5.91 Å². The normalized spacial score (nSPS) is 16.3. The molecule has 1 fully saturated rings. The molecule has 4 nitrogen and oxygen atoms in total. The second-order valence-corrected chi connectivity index (χ2v) is 5.25. The van der Waals surface area contributed by atoms with Crippen LogP contribution in [-0.4, -0.2) is 39.4 Å². The quantitative estimate of drug-likeness (QED) is 0.864. The van der Waals surface area contributed by atoms with Crippen LogP contribution in [0, 0.1) is 0 Å². The zero-order valence-electron chi connectivity index (χ0n) is 10.9. The summed E-state index contributed by atoms with van der Waals surface area (Å²) in [5.41, 5.74) is 0.311. The molecule has 0 radical (unpaired) electrons. The van der Waals surface area contributed by atoms with Gasteiger partial charge in [0, 0.05) is 24.7 Å². The first-order valence-electron chi connectivity index (χ1n) is 6.74. The molecule has 5 heteroatoms. The van der Waals surface area contributed by atoms with Crippen LogP contribution in [0.1, 0.15) is 42.5 Å². The number of halogens is 1. The standard InChI is InChI=1S/C14H19ClN2O2/c15-7-9-17(11-4-2-1-3-5-11)14(19)12-6-8-16-10-13(12)18/h6,8,10-11,18H,1-5,7,9H2. The summed E-state index contributed by atoms with van der Waals surface area (Å²) in [5, 5.41) is 9.75. The Kier molecular flexibility index (Phi) is 5.02. The molecule has 0 saturated heterocycles. The van der Waals surface area contributed by atoms with Crippen molar-refractivity contribution in [2.45, 2.75) is 38.1 Å². The van der Waals surface area contributed by atoms with Crippen LogP contribution in [0.4, 0.5) is 0 Å². The number of pyridine rings is 1. The van der Waals surface area contributed by atoms with E-state index in [0.717, 1.165) is 25.7 Å². The predicted octanol–water partition coefficient (Wildman–Crippen LogP) is 2.80. The molecule has 0 bridgehead atoms. The summed E-state index contributed by atoms with van der Waals surface area (Å²) in [6.45, 7) is 0.521. The molecule has 1 aromatic rings. The first-order chi connectivity index (χ1) is 9.24. The highest BCUT2D eigenvalue weighted by atomic mass is 35.5. The molecule has 2 rings (SSSR count). The Bertz CT molecular complexity index is 433. The number of hydrogen-bond acceptors (Lipinski definition) is 3. The third kappa shape index (κ3) is 3.38. The van der Waals surface area contributed by atoms with Gasteiger partial charge in [0.15, 0.2) is 0 Å². The van der Waals surface area contributed by atoms with Gasteiger partial charge in [-0.2, -0.15) is 0 Å². The van der Waals surface area contributed by atoms with Crippen LogP contribution in [0.3, 0.4) is 0 Å². The average molecular weight is 283 g/mol. The molecule has 0 spiro atoms. The molecule has 19 heavy (non-hydrogen) atoms. The fraction of sp³-hybridized carbons (Fsp3) is 0.571. The number of carbonyl (C=O) groups excluding carboxylic acids is 1. The minimum absolute atomic E-state index is 0.0668. The van der Waals surface area contributed by atoms with Crippen molar-refractivity contribution in [3.63, 3.8) is 0 Å². The summed E-state index contributed by atoms with van der Waals surface area (Å²) in [4.78, 5) is 18.1. The van der Waals surface area contributed by atoms with E-state index in [1.165, 1.54) is 18.8 Å². The molecule has 0 unspecified atom stereocenters. The van der Waals surface area contributed by atoms with Gasteiger partial charge in [0.05, 0.1) is 11.8 Å². The van der Waals surface area contributed by atoms with Gasteiger partial charge in [-0.15, -0.1) is 11.6 Å². The van der Waals surface area contributed by atoms with Crippen LogP contribution in [0.5, 0.6) is 5.75 Å². The highest BCUT2D eigenvalue weighted by molar-refractivity contribution is 6.18. The van der Waals surface area contributed by atoms with Crippen molar-refractivity contribution in [2.24, 2.45) is 0 Å².